The summed E-state index contributed by atoms with van der Waals surface area (Å²) in [7, 11) is 0. The summed E-state index contributed by atoms with van der Waals surface area (Å²) >= 11 is 0. The molecule has 3 heterocycles. The maximum Gasteiger partial charge on any atom is 0.322 e. The molecular weight excluding hydrogens is 314 g/mol. The second-order valence-electron chi connectivity index (χ2n) is 6.18. The number of imide groups is 1. The van der Waals surface area contributed by atoms with Crippen LogP contribution >= 0.6 is 0 Å². The molecule has 2 N–H and O–H groups in total. The molecule has 4 amide bonds. The van der Waals surface area contributed by atoms with Gasteiger partial charge in [-0.1, -0.05) is 12.1 Å². The summed E-state index contributed by atoms with van der Waals surface area (Å²) in [4.78, 5) is 37.6. The fourth-order valence-electron chi connectivity index (χ4n) is 3.33. The van der Waals surface area contributed by atoms with Gasteiger partial charge in [-0.2, -0.15) is 0 Å². The minimum atomic E-state index is -0.885. The first-order valence-corrected chi connectivity index (χ1v) is 7.88. The molecule has 0 saturated carbocycles. The second-order valence-corrected chi connectivity index (χ2v) is 6.18. The molecule has 8 heteroatoms. The molecule has 4 rings (SSSR count). The third-order valence-electron chi connectivity index (χ3n) is 4.73. The van der Waals surface area contributed by atoms with Gasteiger partial charge in [0.2, 0.25) is 6.10 Å². The number of urea groups is 1. The topological polar surface area (TPSA) is 97.0 Å². The fraction of sp³-hybridized carbons (Fsp3) is 0.438. The molecule has 8 nitrogen and oxygen atoms in total. The van der Waals surface area contributed by atoms with Gasteiger partial charge in [0.1, 0.15) is 12.1 Å². The van der Waals surface area contributed by atoms with Crippen LogP contribution in [-0.4, -0.2) is 54.1 Å². The fourth-order valence-corrected chi connectivity index (χ4v) is 3.33. The Morgan fingerprint density at radius 3 is 2.54 bits per heavy atom. The van der Waals surface area contributed by atoms with E-state index in [9.17, 15) is 14.4 Å². The molecule has 1 aromatic rings. The Hall–Kier alpha value is -2.77. The average Bonchev–Trinajstić information content (AvgIpc) is 2.87. The zero-order chi connectivity index (χ0) is 16.7. The Kier molecular flexibility index (Phi) is 3.33. The highest BCUT2D eigenvalue weighted by atomic mass is 16.6. The van der Waals surface area contributed by atoms with Crippen molar-refractivity contribution in [2.24, 2.45) is 0 Å². The van der Waals surface area contributed by atoms with E-state index in [0.717, 1.165) is 0 Å². The molecule has 0 aliphatic carbocycles. The zero-order valence-electron chi connectivity index (χ0n) is 12.9. The summed E-state index contributed by atoms with van der Waals surface area (Å²) in [6.07, 6.45) is 0.0852. The quantitative estimate of drug-likeness (QED) is 0.708. The second kappa shape index (κ2) is 5.40. The van der Waals surface area contributed by atoms with Gasteiger partial charge in [-0.05, 0) is 25.0 Å². The van der Waals surface area contributed by atoms with E-state index < -0.39 is 17.7 Å². The smallest absolute Gasteiger partial charge is 0.322 e. The van der Waals surface area contributed by atoms with Gasteiger partial charge in [-0.25, -0.2) is 4.79 Å². The molecule has 2 saturated heterocycles. The number of para-hydroxylation sites is 2. The van der Waals surface area contributed by atoms with Crippen molar-refractivity contribution < 1.29 is 23.9 Å². The maximum absolute atomic E-state index is 12.6. The van der Waals surface area contributed by atoms with E-state index in [0.29, 0.717) is 37.4 Å². The Bertz CT molecular complexity index is 711. The summed E-state index contributed by atoms with van der Waals surface area (Å²) in [5.41, 5.74) is -0.885. The van der Waals surface area contributed by atoms with Crippen LogP contribution in [0, 0.1) is 0 Å². The Balaban J connectivity index is 1.41. The number of nitrogens with one attached hydrogen (secondary N) is 2. The van der Waals surface area contributed by atoms with Crippen molar-refractivity contribution >= 4 is 17.8 Å². The normalized spacial score (nSPS) is 24.5. The van der Waals surface area contributed by atoms with Crippen molar-refractivity contribution in [2.45, 2.75) is 24.5 Å². The standard InChI is InChI=1S/C16H17N3O5/c20-13(12-9-23-10-3-1-2-4-11(10)24-12)19-7-5-16(6-8-19)14(21)17-15(22)18-16/h1-4,12H,5-9H2,(H2,17,18,21,22). The number of nitrogens with zero attached hydrogens (tertiary/aromatic N) is 1. The molecule has 1 unspecified atom stereocenters. The number of piperidine rings is 1. The summed E-state index contributed by atoms with van der Waals surface area (Å²) in [6.45, 7) is 0.927. The molecule has 0 bridgehead atoms. The molecule has 1 atom stereocenters. The van der Waals surface area contributed by atoms with Gasteiger partial charge in [0.25, 0.3) is 11.8 Å². The number of benzene rings is 1. The third kappa shape index (κ3) is 2.34. The van der Waals surface area contributed by atoms with E-state index in [-0.39, 0.29) is 18.4 Å². The molecule has 3 aliphatic heterocycles. The molecule has 0 radical (unpaired) electrons. The van der Waals surface area contributed by atoms with Gasteiger partial charge in [0.15, 0.2) is 11.5 Å². The lowest BCUT2D eigenvalue weighted by molar-refractivity contribution is -0.144. The van der Waals surface area contributed by atoms with Crippen LogP contribution in [0.2, 0.25) is 0 Å². The van der Waals surface area contributed by atoms with Crippen molar-refractivity contribution in [3.8, 4) is 11.5 Å². The molecule has 126 valence electrons. The van der Waals surface area contributed by atoms with E-state index in [1.165, 1.54) is 0 Å². The number of hydrogen-bond donors (Lipinski definition) is 2. The molecule has 1 spiro atoms. The van der Waals surface area contributed by atoms with E-state index in [2.05, 4.69) is 10.6 Å². The predicted molar refractivity (Wildman–Crippen MR) is 81.6 cm³/mol. The number of rotatable bonds is 1. The number of ether oxygens (including phenoxy) is 2. The van der Waals surface area contributed by atoms with E-state index >= 15 is 0 Å². The largest absolute Gasteiger partial charge is 0.485 e. The van der Waals surface area contributed by atoms with Crippen molar-refractivity contribution in [2.75, 3.05) is 19.7 Å². The van der Waals surface area contributed by atoms with Crippen LogP contribution in [-0.2, 0) is 9.59 Å². The summed E-state index contributed by atoms with van der Waals surface area (Å²) in [6, 6.07) is 6.75. The lowest BCUT2D eigenvalue weighted by atomic mass is 9.87. The van der Waals surface area contributed by atoms with Crippen LogP contribution in [0.25, 0.3) is 0 Å². The Labute approximate surface area is 138 Å². The number of fused-ring (bicyclic) bond motifs is 1. The number of amides is 4. The Morgan fingerprint density at radius 1 is 1.17 bits per heavy atom. The molecule has 3 aliphatic rings. The third-order valence-corrected chi connectivity index (χ3v) is 4.73. The highest BCUT2D eigenvalue weighted by Gasteiger charge is 2.49. The van der Waals surface area contributed by atoms with Crippen molar-refractivity contribution in [1.29, 1.82) is 0 Å². The van der Waals surface area contributed by atoms with Crippen LogP contribution in [0.1, 0.15) is 12.8 Å². The first-order chi connectivity index (χ1) is 11.6. The SMILES string of the molecule is O=C1NC(=O)C2(CCN(C(=O)C3COc4ccccc4O3)CC2)N1. The molecular formula is C16H17N3O5. The summed E-state index contributed by atoms with van der Waals surface area (Å²) in [5.74, 6) is 0.706. The lowest BCUT2D eigenvalue weighted by Gasteiger charge is -2.38. The van der Waals surface area contributed by atoms with Gasteiger partial charge in [0.05, 0.1) is 0 Å². The minimum absolute atomic E-state index is 0.161. The van der Waals surface area contributed by atoms with Crippen molar-refractivity contribution in [1.82, 2.24) is 15.5 Å². The highest BCUT2D eigenvalue weighted by Crippen LogP contribution is 2.32. The average molecular weight is 331 g/mol. The van der Waals surface area contributed by atoms with E-state index in [1.54, 1.807) is 17.0 Å². The number of hydrogen-bond acceptors (Lipinski definition) is 5. The van der Waals surface area contributed by atoms with Crippen molar-refractivity contribution in [3.63, 3.8) is 0 Å². The van der Waals surface area contributed by atoms with Gasteiger partial charge < -0.3 is 19.7 Å². The minimum Gasteiger partial charge on any atom is -0.485 e. The number of carbonyl (C=O) groups is 3. The lowest BCUT2D eigenvalue weighted by Crippen LogP contribution is -2.58. The van der Waals surface area contributed by atoms with Crippen LogP contribution in [0.5, 0.6) is 11.5 Å². The highest BCUT2D eigenvalue weighted by molar-refractivity contribution is 6.07. The predicted octanol–water partition coefficient (Wildman–Crippen LogP) is 0.0270. The molecule has 24 heavy (non-hydrogen) atoms. The number of carbonyl (C=O) groups excluding carboxylic acids is 3. The first kappa shape index (κ1) is 14.8. The van der Waals surface area contributed by atoms with E-state index in [4.69, 9.17) is 9.47 Å². The van der Waals surface area contributed by atoms with Crippen LogP contribution in [0.15, 0.2) is 24.3 Å². The molecule has 0 aromatic heterocycles. The number of likely N-dealkylation sites (tertiary alicyclic amines) is 1. The van der Waals surface area contributed by atoms with Crippen molar-refractivity contribution in [3.05, 3.63) is 24.3 Å². The van der Waals surface area contributed by atoms with Gasteiger partial charge in [-0.3, -0.25) is 14.9 Å². The summed E-state index contributed by atoms with van der Waals surface area (Å²) < 4.78 is 11.3. The van der Waals surface area contributed by atoms with Gasteiger partial charge >= 0.3 is 6.03 Å². The molecule has 1 aromatic carbocycles. The maximum atomic E-state index is 12.6. The zero-order valence-corrected chi connectivity index (χ0v) is 12.9. The van der Waals surface area contributed by atoms with Crippen LogP contribution in [0.4, 0.5) is 4.79 Å². The van der Waals surface area contributed by atoms with Crippen LogP contribution < -0.4 is 20.1 Å². The first-order valence-electron chi connectivity index (χ1n) is 7.88. The van der Waals surface area contributed by atoms with Crippen LogP contribution in [0.3, 0.4) is 0 Å². The molecule has 2 fully saturated rings. The van der Waals surface area contributed by atoms with Gasteiger partial charge in [0, 0.05) is 13.1 Å². The Morgan fingerprint density at radius 2 is 1.88 bits per heavy atom. The summed E-state index contributed by atoms with van der Waals surface area (Å²) in [5, 5.41) is 4.94. The monoisotopic (exact) mass is 331 g/mol. The van der Waals surface area contributed by atoms with E-state index in [1.807, 2.05) is 12.1 Å². The van der Waals surface area contributed by atoms with Gasteiger partial charge in [-0.15, -0.1) is 0 Å².